The molecule has 2 aromatic heterocycles. The molecule has 0 fully saturated rings. The van der Waals surface area contributed by atoms with E-state index in [9.17, 15) is 9.59 Å². The molecule has 0 aliphatic heterocycles. The summed E-state index contributed by atoms with van der Waals surface area (Å²) in [5, 5.41) is 12.7. The Hall–Kier alpha value is -1.36. The average molecular weight is 371 g/mol. The lowest BCUT2D eigenvalue weighted by Gasteiger charge is -2.07. The van der Waals surface area contributed by atoms with Crippen LogP contribution in [0.15, 0.2) is 42.5 Å². The molecular formula is C12H10N4O2S4. The fourth-order valence-corrected chi connectivity index (χ4v) is 4.98. The number of aromatic nitrogens is 4. The van der Waals surface area contributed by atoms with Gasteiger partial charge in [-0.3, -0.25) is 9.59 Å². The first-order valence-electron chi connectivity index (χ1n) is 6.14. The van der Waals surface area contributed by atoms with Crippen LogP contribution < -0.4 is 9.75 Å². The van der Waals surface area contributed by atoms with E-state index in [1.807, 2.05) is 12.1 Å². The normalized spacial score (nSPS) is 10.9. The van der Waals surface area contributed by atoms with E-state index in [-0.39, 0.29) is 9.75 Å². The molecule has 2 heterocycles. The third-order valence-corrected chi connectivity index (χ3v) is 6.54. The lowest BCUT2D eigenvalue weighted by Crippen LogP contribution is -1.91. The molecule has 0 atom stereocenters. The van der Waals surface area contributed by atoms with Crippen LogP contribution in [0, 0.1) is 0 Å². The summed E-state index contributed by atoms with van der Waals surface area (Å²) in [6.07, 6.45) is 0. The van der Waals surface area contributed by atoms with Crippen molar-refractivity contribution in [3.05, 3.63) is 54.7 Å². The molecule has 3 rings (SSSR count). The zero-order valence-electron chi connectivity index (χ0n) is 11.1. The molecule has 0 bridgehead atoms. The third kappa shape index (κ3) is 4.09. The highest BCUT2D eigenvalue weighted by Crippen LogP contribution is 2.28. The smallest absolute Gasteiger partial charge is 0.255 e. The molecule has 0 aliphatic carbocycles. The van der Waals surface area contributed by atoms with Gasteiger partial charge < -0.3 is 0 Å². The summed E-state index contributed by atoms with van der Waals surface area (Å²) in [7, 11) is 0. The van der Waals surface area contributed by atoms with Crippen LogP contribution >= 0.6 is 46.2 Å². The number of H-pyrrole nitrogens is 2. The van der Waals surface area contributed by atoms with Crippen molar-refractivity contribution in [1.82, 2.24) is 20.4 Å². The summed E-state index contributed by atoms with van der Waals surface area (Å²) in [5.74, 6) is 1.49. The Balaban J connectivity index is 1.66. The predicted octanol–water partition coefficient (Wildman–Crippen LogP) is 2.56. The van der Waals surface area contributed by atoms with Crippen LogP contribution in [0.1, 0.15) is 11.1 Å². The van der Waals surface area contributed by atoms with Gasteiger partial charge in [0.25, 0.3) is 0 Å². The first-order chi connectivity index (χ1) is 10.7. The van der Waals surface area contributed by atoms with Gasteiger partial charge in [0, 0.05) is 11.5 Å². The predicted molar refractivity (Wildman–Crippen MR) is 91.0 cm³/mol. The van der Waals surface area contributed by atoms with Crippen molar-refractivity contribution < 1.29 is 0 Å². The Morgan fingerprint density at radius 3 is 1.68 bits per heavy atom. The minimum atomic E-state index is -0.139. The van der Waals surface area contributed by atoms with Crippen LogP contribution in [-0.2, 0) is 11.5 Å². The molecule has 3 aromatic rings. The van der Waals surface area contributed by atoms with Crippen molar-refractivity contribution in [2.75, 3.05) is 0 Å². The molecular weight excluding hydrogens is 360 g/mol. The van der Waals surface area contributed by atoms with Gasteiger partial charge in [-0.25, -0.2) is 10.2 Å². The number of hydrogen-bond acceptors (Lipinski definition) is 8. The Labute approximate surface area is 141 Å². The van der Waals surface area contributed by atoms with Gasteiger partial charge in [-0.15, -0.1) is 0 Å². The largest absolute Gasteiger partial charge is 0.323 e. The standard InChI is InChI=1S/C12H10N4O2S4/c17-9-13-15-11(21-9)19-5-7-3-1-2-4-8(7)6-20-12-16-14-10(18)22-12/h1-4H,5-6H2,(H,13,17)(H,14,18). The van der Waals surface area contributed by atoms with Crippen LogP contribution in [0.25, 0.3) is 0 Å². The first kappa shape index (κ1) is 15.5. The number of nitrogens with zero attached hydrogens (tertiary/aromatic N) is 2. The molecule has 6 nitrogen and oxygen atoms in total. The summed E-state index contributed by atoms with van der Waals surface area (Å²) in [5.41, 5.74) is 2.37. The Morgan fingerprint density at radius 1 is 0.864 bits per heavy atom. The van der Waals surface area contributed by atoms with Crippen LogP contribution in [0.5, 0.6) is 0 Å². The van der Waals surface area contributed by atoms with Crippen LogP contribution in [-0.4, -0.2) is 20.4 Å². The molecule has 0 aliphatic rings. The van der Waals surface area contributed by atoms with Gasteiger partial charge >= 0.3 is 9.75 Å². The third-order valence-electron chi connectivity index (χ3n) is 2.66. The van der Waals surface area contributed by atoms with E-state index in [1.54, 1.807) is 0 Å². The van der Waals surface area contributed by atoms with E-state index < -0.39 is 0 Å². The number of hydrogen-bond donors (Lipinski definition) is 2. The lowest BCUT2D eigenvalue weighted by molar-refractivity contribution is 0.987. The molecule has 0 spiro atoms. The molecule has 114 valence electrons. The summed E-state index contributed by atoms with van der Waals surface area (Å²) < 4.78 is 1.47. The Bertz CT molecular complexity index is 795. The minimum Gasteiger partial charge on any atom is -0.255 e. The van der Waals surface area contributed by atoms with Crippen molar-refractivity contribution in [3.8, 4) is 0 Å². The second-order valence-corrected chi connectivity index (χ2v) is 8.47. The van der Waals surface area contributed by atoms with Crippen LogP contribution in [0.4, 0.5) is 0 Å². The molecule has 0 saturated carbocycles. The van der Waals surface area contributed by atoms with E-state index >= 15 is 0 Å². The fourth-order valence-electron chi connectivity index (χ4n) is 1.67. The molecule has 1 aromatic carbocycles. The fraction of sp³-hybridized carbons (Fsp3) is 0.167. The maximum atomic E-state index is 11.1. The van der Waals surface area contributed by atoms with Crippen LogP contribution in [0.3, 0.4) is 0 Å². The van der Waals surface area contributed by atoms with Gasteiger partial charge in [0.1, 0.15) is 0 Å². The summed E-state index contributed by atoms with van der Waals surface area (Å²) in [6, 6.07) is 8.10. The molecule has 22 heavy (non-hydrogen) atoms. The van der Waals surface area contributed by atoms with Gasteiger partial charge in [-0.05, 0) is 33.8 Å². The molecule has 0 amide bonds. The van der Waals surface area contributed by atoms with Gasteiger partial charge in [0.2, 0.25) is 0 Å². The monoisotopic (exact) mass is 370 g/mol. The number of nitrogens with one attached hydrogen (secondary N) is 2. The first-order valence-corrected chi connectivity index (χ1v) is 9.74. The van der Waals surface area contributed by atoms with E-state index in [1.165, 1.54) is 34.7 Å². The van der Waals surface area contributed by atoms with Gasteiger partial charge in [-0.1, -0.05) is 47.8 Å². The second kappa shape index (κ2) is 7.27. The molecule has 0 unspecified atom stereocenters. The zero-order valence-corrected chi connectivity index (χ0v) is 14.3. The second-order valence-electron chi connectivity index (χ2n) is 4.10. The number of rotatable bonds is 6. The number of thioether (sulfide) groups is 2. The van der Waals surface area contributed by atoms with Crippen molar-refractivity contribution in [2.45, 2.75) is 20.2 Å². The highest BCUT2D eigenvalue weighted by molar-refractivity contribution is 8.00. The topological polar surface area (TPSA) is 91.5 Å². The van der Waals surface area contributed by atoms with Gasteiger partial charge in [-0.2, -0.15) is 10.2 Å². The molecule has 0 saturated heterocycles. The average Bonchev–Trinajstić information content (AvgIpc) is 3.12. The maximum Gasteiger partial charge on any atom is 0.323 e. The zero-order chi connectivity index (χ0) is 15.4. The van der Waals surface area contributed by atoms with Crippen molar-refractivity contribution in [1.29, 1.82) is 0 Å². The van der Waals surface area contributed by atoms with E-state index in [0.717, 1.165) is 42.9 Å². The minimum absolute atomic E-state index is 0.139. The number of aromatic amines is 2. The Kier molecular flexibility index (Phi) is 5.13. The van der Waals surface area contributed by atoms with Crippen molar-refractivity contribution in [3.63, 3.8) is 0 Å². The van der Waals surface area contributed by atoms with E-state index in [2.05, 4.69) is 32.5 Å². The van der Waals surface area contributed by atoms with Gasteiger partial charge in [0.05, 0.1) is 0 Å². The lowest BCUT2D eigenvalue weighted by atomic mass is 10.1. The summed E-state index contributed by atoms with van der Waals surface area (Å²) >= 11 is 5.29. The van der Waals surface area contributed by atoms with Gasteiger partial charge in [0.15, 0.2) is 8.68 Å². The Morgan fingerprint density at radius 2 is 1.32 bits per heavy atom. The highest BCUT2D eigenvalue weighted by Gasteiger charge is 2.07. The molecule has 10 heteroatoms. The van der Waals surface area contributed by atoms with Crippen molar-refractivity contribution >= 4 is 46.2 Å². The summed E-state index contributed by atoms with van der Waals surface area (Å²) in [6.45, 7) is 0. The molecule has 2 N–H and O–H groups in total. The van der Waals surface area contributed by atoms with Crippen molar-refractivity contribution in [2.24, 2.45) is 0 Å². The maximum absolute atomic E-state index is 11.1. The highest BCUT2D eigenvalue weighted by atomic mass is 32.2. The van der Waals surface area contributed by atoms with E-state index in [4.69, 9.17) is 0 Å². The van der Waals surface area contributed by atoms with E-state index in [0.29, 0.717) is 0 Å². The van der Waals surface area contributed by atoms with Crippen LogP contribution in [0.2, 0.25) is 0 Å². The quantitative estimate of drug-likeness (QED) is 0.648. The molecule has 0 radical (unpaired) electrons. The summed E-state index contributed by atoms with van der Waals surface area (Å²) in [4.78, 5) is 21.9. The SMILES string of the molecule is O=c1[nH]nc(SCc2ccccc2CSc2n[nH]c(=O)s2)s1. The number of benzene rings is 1.